The molecule has 2 nitrogen and oxygen atoms in total. The van der Waals surface area contributed by atoms with Gasteiger partial charge in [-0.05, 0) is 52.1 Å². The monoisotopic (exact) mass is 216 g/mol. The van der Waals surface area contributed by atoms with Gasteiger partial charge in [-0.1, -0.05) is 0 Å². The van der Waals surface area contributed by atoms with E-state index in [1.807, 2.05) is 0 Å². The molecular formula is C12H25FN2. The molecule has 0 amide bonds. The van der Waals surface area contributed by atoms with E-state index in [1.165, 1.54) is 12.8 Å². The first-order chi connectivity index (χ1) is 7.24. The number of rotatable bonds is 6. The van der Waals surface area contributed by atoms with Crippen molar-refractivity contribution in [2.45, 2.75) is 39.2 Å². The average molecular weight is 216 g/mol. The molecule has 0 aromatic carbocycles. The molecule has 0 aromatic heterocycles. The second-order valence-corrected chi connectivity index (χ2v) is 4.82. The predicted molar refractivity (Wildman–Crippen MR) is 62.9 cm³/mol. The molecule has 1 aliphatic heterocycles. The lowest BCUT2D eigenvalue weighted by molar-refractivity contribution is 0.163. The molecule has 1 saturated heterocycles. The van der Waals surface area contributed by atoms with Crippen molar-refractivity contribution in [2.75, 3.05) is 32.9 Å². The quantitative estimate of drug-likeness (QED) is 0.731. The minimum absolute atomic E-state index is 0.185. The summed E-state index contributed by atoms with van der Waals surface area (Å²) in [4.78, 5) is 2.43. The molecule has 0 spiro atoms. The summed E-state index contributed by atoms with van der Waals surface area (Å²) < 4.78 is 12.2. The molecule has 0 radical (unpaired) electrons. The van der Waals surface area contributed by atoms with Crippen LogP contribution in [-0.4, -0.2) is 43.8 Å². The molecular weight excluding hydrogens is 191 g/mol. The highest BCUT2D eigenvalue weighted by Crippen LogP contribution is 2.15. The lowest BCUT2D eigenvalue weighted by Crippen LogP contribution is -2.40. The van der Waals surface area contributed by atoms with Gasteiger partial charge in [0, 0.05) is 19.1 Å². The zero-order valence-corrected chi connectivity index (χ0v) is 10.1. The van der Waals surface area contributed by atoms with Crippen LogP contribution in [0.5, 0.6) is 0 Å². The summed E-state index contributed by atoms with van der Waals surface area (Å²) in [6, 6.07) is 0.548. The van der Waals surface area contributed by atoms with Crippen molar-refractivity contribution in [3.05, 3.63) is 0 Å². The fourth-order valence-electron chi connectivity index (χ4n) is 2.22. The number of nitrogens with one attached hydrogen (secondary N) is 1. The van der Waals surface area contributed by atoms with Crippen LogP contribution in [0.25, 0.3) is 0 Å². The molecule has 90 valence electrons. The van der Waals surface area contributed by atoms with Gasteiger partial charge in [-0.25, -0.2) is 0 Å². The fraction of sp³-hybridized carbons (Fsp3) is 1.00. The first-order valence-electron chi connectivity index (χ1n) is 6.24. The van der Waals surface area contributed by atoms with E-state index in [0.717, 1.165) is 32.1 Å². The third-order valence-electron chi connectivity index (χ3n) is 3.26. The normalized spacial score (nSPS) is 19.0. The maximum atomic E-state index is 12.2. The van der Waals surface area contributed by atoms with Crippen LogP contribution >= 0.6 is 0 Å². The molecule has 0 aliphatic carbocycles. The van der Waals surface area contributed by atoms with E-state index in [4.69, 9.17) is 0 Å². The third-order valence-corrected chi connectivity index (χ3v) is 3.26. The van der Waals surface area contributed by atoms with E-state index in [1.54, 1.807) is 0 Å². The van der Waals surface area contributed by atoms with E-state index in [9.17, 15) is 4.39 Å². The third kappa shape index (κ3) is 4.94. The Bertz CT molecular complexity index is 156. The molecule has 15 heavy (non-hydrogen) atoms. The standard InChI is InChI=1S/C12H25FN2/c1-11(2)15(9-3-6-13)10-12-4-7-14-8-5-12/h11-12,14H,3-10H2,1-2H3. The molecule has 1 rings (SSSR count). The molecule has 3 heteroatoms. The van der Waals surface area contributed by atoms with Crippen molar-refractivity contribution in [1.29, 1.82) is 0 Å². The highest BCUT2D eigenvalue weighted by Gasteiger charge is 2.18. The van der Waals surface area contributed by atoms with Crippen LogP contribution < -0.4 is 5.32 Å². The van der Waals surface area contributed by atoms with Gasteiger partial charge >= 0.3 is 0 Å². The van der Waals surface area contributed by atoms with E-state index < -0.39 is 0 Å². The number of halogens is 1. The zero-order chi connectivity index (χ0) is 11.1. The predicted octanol–water partition coefficient (Wildman–Crippen LogP) is 2.06. The Morgan fingerprint density at radius 1 is 1.33 bits per heavy atom. The van der Waals surface area contributed by atoms with Crippen molar-refractivity contribution in [1.82, 2.24) is 10.2 Å². The van der Waals surface area contributed by atoms with Gasteiger partial charge in [0.1, 0.15) is 0 Å². The maximum absolute atomic E-state index is 12.2. The summed E-state index contributed by atoms with van der Waals surface area (Å²) in [5, 5.41) is 3.38. The lowest BCUT2D eigenvalue weighted by atomic mass is 9.97. The summed E-state index contributed by atoms with van der Waals surface area (Å²) in [7, 11) is 0. The number of hydrogen-bond acceptors (Lipinski definition) is 2. The number of nitrogens with zero attached hydrogens (tertiary/aromatic N) is 1. The van der Waals surface area contributed by atoms with Gasteiger partial charge in [0.2, 0.25) is 0 Å². The van der Waals surface area contributed by atoms with Crippen LogP contribution in [0.1, 0.15) is 33.1 Å². The summed E-state index contributed by atoms with van der Waals surface area (Å²) >= 11 is 0. The Kier molecular flexibility index (Phi) is 6.18. The second kappa shape index (κ2) is 7.18. The molecule has 0 unspecified atom stereocenters. The highest BCUT2D eigenvalue weighted by molar-refractivity contribution is 4.74. The van der Waals surface area contributed by atoms with Crippen LogP contribution in [0.15, 0.2) is 0 Å². The molecule has 1 N–H and O–H groups in total. The Labute approximate surface area is 93.2 Å². The van der Waals surface area contributed by atoms with Gasteiger partial charge in [0.25, 0.3) is 0 Å². The van der Waals surface area contributed by atoms with Crippen molar-refractivity contribution in [2.24, 2.45) is 5.92 Å². The van der Waals surface area contributed by atoms with E-state index >= 15 is 0 Å². The van der Waals surface area contributed by atoms with Crippen LogP contribution in [-0.2, 0) is 0 Å². The summed E-state index contributed by atoms with van der Waals surface area (Å²) in [6.45, 7) is 8.60. The van der Waals surface area contributed by atoms with Gasteiger partial charge in [-0.2, -0.15) is 0 Å². The largest absolute Gasteiger partial charge is 0.317 e. The van der Waals surface area contributed by atoms with Gasteiger partial charge in [0.05, 0.1) is 6.67 Å². The fourth-order valence-corrected chi connectivity index (χ4v) is 2.22. The molecule has 1 aliphatic rings. The van der Waals surface area contributed by atoms with Crippen LogP contribution in [0.3, 0.4) is 0 Å². The Balaban J connectivity index is 2.28. The van der Waals surface area contributed by atoms with Crippen LogP contribution in [0, 0.1) is 5.92 Å². The summed E-state index contributed by atoms with van der Waals surface area (Å²) in [6.07, 6.45) is 3.24. The Morgan fingerprint density at radius 2 is 2.00 bits per heavy atom. The minimum Gasteiger partial charge on any atom is -0.317 e. The number of hydrogen-bond donors (Lipinski definition) is 1. The molecule has 0 atom stereocenters. The maximum Gasteiger partial charge on any atom is 0.0906 e. The smallest absolute Gasteiger partial charge is 0.0906 e. The number of alkyl halides is 1. The molecule has 0 aromatic rings. The van der Waals surface area contributed by atoms with Gasteiger partial charge in [-0.3, -0.25) is 4.39 Å². The van der Waals surface area contributed by atoms with Crippen LogP contribution in [0.4, 0.5) is 4.39 Å². The van der Waals surface area contributed by atoms with Crippen molar-refractivity contribution < 1.29 is 4.39 Å². The Hall–Kier alpha value is -0.150. The highest BCUT2D eigenvalue weighted by atomic mass is 19.1. The zero-order valence-electron chi connectivity index (χ0n) is 10.1. The summed E-state index contributed by atoms with van der Waals surface area (Å²) in [5.41, 5.74) is 0. The molecule has 0 bridgehead atoms. The SMILES string of the molecule is CC(C)N(CCCF)CC1CCNCC1. The Morgan fingerprint density at radius 3 is 2.53 bits per heavy atom. The number of piperidine rings is 1. The van der Waals surface area contributed by atoms with Crippen molar-refractivity contribution >= 4 is 0 Å². The van der Waals surface area contributed by atoms with Crippen molar-refractivity contribution in [3.63, 3.8) is 0 Å². The van der Waals surface area contributed by atoms with Crippen molar-refractivity contribution in [3.8, 4) is 0 Å². The summed E-state index contributed by atoms with van der Waals surface area (Å²) in [5.74, 6) is 0.813. The van der Waals surface area contributed by atoms with Gasteiger partial charge in [0.15, 0.2) is 0 Å². The first kappa shape index (κ1) is 12.9. The molecule has 1 fully saturated rings. The second-order valence-electron chi connectivity index (χ2n) is 4.82. The average Bonchev–Trinajstić information content (AvgIpc) is 2.25. The molecule has 0 saturated carbocycles. The van der Waals surface area contributed by atoms with E-state index in [-0.39, 0.29) is 6.67 Å². The van der Waals surface area contributed by atoms with Gasteiger partial charge in [-0.15, -0.1) is 0 Å². The van der Waals surface area contributed by atoms with Gasteiger partial charge < -0.3 is 10.2 Å². The van der Waals surface area contributed by atoms with Crippen LogP contribution in [0.2, 0.25) is 0 Å². The first-order valence-corrected chi connectivity index (χ1v) is 6.24. The lowest BCUT2D eigenvalue weighted by Gasteiger charge is -2.32. The molecule has 1 heterocycles. The topological polar surface area (TPSA) is 15.3 Å². The van der Waals surface area contributed by atoms with E-state index in [2.05, 4.69) is 24.1 Å². The minimum atomic E-state index is -0.185. The van der Waals surface area contributed by atoms with E-state index in [0.29, 0.717) is 12.5 Å².